The molecule has 0 saturated heterocycles. The van der Waals surface area contributed by atoms with Crippen molar-refractivity contribution in [2.24, 2.45) is 0 Å². The van der Waals surface area contributed by atoms with Gasteiger partial charge < -0.3 is 9.47 Å². The van der Waals surface area contributed by atoms with Crippen LogP contribution in [0.2, 0.25) is 0 Å². The van der Waals surface area contributed by atoms with E-state index in [9.17, 15) is 14.9 Å². The summed E-state index contributed by atoms with van der Waals surface area (Å²) in [5.74, 6) is 1.35. The Balaban J connectivity index is 1.59. The van der Waals surface area contributed by atoms with E-state index in [0.29, 0.717) is 17.4 Å². The predicted octanol–water partition coefficient (Wildman–Crippen LogP) is 3.31. The van der Waals surface area contributed by atoms with Gasteiger partial charge in [-0.15, -0.1) is 0 Å². The van der Waals surface area contributed by atoms with Crippen LogP contribution in [0.25, 0.3) is 0 Å². The van der Waals surface area contributed by atoms with Gasteiger partial charge in [0.25, 0.3) is 5.69 Å². The van der Waals surface area contributed by atoms with E-state index in [4.69, 9.17) is 9.47 Å². The van der Waals surface area contributed by atoms with Gasteiger partial charge in [0.2, 0.25) is 11.9 Å². The van der Waals surface area contributed by atoms with E-state index < -0.39 is 4.92 Å². The van der Waals surface area contributed by atoms with Crippen LogP contribution < -0.4 is 14.8 Å². The SMILES string of the molecule is COc1cc([C@@H]2CC(=O)Nc3ncnn32)cc(I)c1OCc1ccc([N+](=O)[O-])cc1. The lowest BCUT2D eigenvalue weighted by atomic mass is 10.0. The first kappa shape index (κ1) is 20.1. The Morgan fingerprint density at radius 2 is 2.10 bits per heavy atom. The van der Waals surface area contributed by atoms with Crippen LogP contribution in [0.5, 0.6) is 11.5 Å². The molecule has 10 nitrogen and oxygen atoms in total. The molecule has 11 heteroatoms. The fraction of sp³-hybridized carbons (Fsp3) is 0.211. The molecule has 0 fully saturated rings. The van der Waals surface area contributed by atoms with Crippen molar-refractivity contribution in [2.45, 2.75) is 19.1 Å². The van der Waals surface area contributed by atoms with Gasteiger partial charge in [-0.1, -0.05) is 0 Å². The summed E-state index contributed by atoms with van der Waals surface area (Å²) in [6.07, 6.45) is 1.64. The molecule has 1 N–H and O–H groups in total. The molecule has 1 atom stereocenters. The number of nitrogens with one attached hydrogen (secondary N) is 1. The fourth-order valence-corrected chi connectivity index (χ4v) is 3.99. The molecule has 0 spiro atoms. The molecule has 2 heterocycles. The second kappa shape index (κ2) is 8.26. The van der Waals surface area contributed by atoms with Crippen molar-refractivity contribution in [1.29, 1.82) is 0 Å². The highest BCUT2D eigenvalue weighted by Gasteiger charge is 2.29. The second-order valence-corrected chi connectivity index (χ2v) is 7.70. The van der Waals surface area contributed by atoms with Gasteiger partial charge in [-0.2, -0.15) is 10.1 Å². The summed E-state index contributed by atoms with van der Waals surface area (Å²) in [5, 5.41) is 17.7. The zero-order valence-electron chi connectivity index (χ0n) is 15.7. The topological polar surface area (TPSA) is 121 Å². The van der Waals surface area contributed by atoms with Crippen molar-refractivity contribution in [3.8, 4) is 11.5 Å². The number of rotatable bonds is 6. The third-order valence-electron chi connectivity index (χ3n) is 4.67. The molecule has 1 aliphatic heterocycles. The Kier molecular flexibility index (Phi) is 5.53. The van der Waals surface area contributed by atoms with Crippen LogP contribution >= 0.6 is 22.6 Å². The summed E-state index contributed by atoms with van der Waals surface area (Å²) in [7, 11) is 1.54. The number of non-ortho nitro benzene ring substituents is 1. The van der Waals surface area contributed by atoms with Crippen molar-refractivity contribution < 1.29 is 19.2 Å². The number of nitrogens with zero attached hydrogens (tertiary/aromatic N) is 4. The van der Waals surface area contributed by atoms with E-state index in [1.165, 1.54) is 18.5 Å². The molecular weight excluding hydrogens is 505 g/mol. The molecule has 0 unspecified atom stereocenters. The van der Waals surface area contributed by atoms with Gasteiger partial charge in [-0.05, 0) is 58.0 Å². The quantitative estimate of drug-likeness (QED) is 0.300. The minimum atomic E-state index is -0.443. The normalized spacial score (nSPS) is 15.3. The minimum Gasteiger partial charge on any atom is -0.493 e. The highest BCUT2D eigenvalue weighted by molar-refractivity contribution is 14.1. The number of ether oxygens (including phenoxy) is 2. The third-order valence-corrected chi connectivity index (χ3v) is 5.47. The maximum Gasteiger partial charge on any atom is 0.269 e. The number of carbonyl (C=O) groups excluding carboxylic acids is 1. The number of hydrogen-bond acceptors (Lipinski definition) is 7. The minimum absolute atomic E-state index is 0.0271. The Labute approximate surface area is 184 Å². The van der Waals surface area contributed by atoms with Gasteiger partial charge in [0.1, 0.15) is 12.9 Å². The van der Waals surface area contributed by atoms with Crippen LogP contribution in [0.15, 0.2) is 42.7 Å². The Hall–Kier alpha value is -3.22. The summed E-state index contributed by atoms with van der Waals surface area (Å²) in [5.41, 5.74) is 1.67. The number of benzene rings is 2. The largest absolute Gasteiger partial charge is 0.493 e. The Morgan fingerprint density at radius 3 is 2.80 bits per heavy atom. The lowest BCUT2D eigenvalue weighted by molar-refractivity contribution is -0.384. The standard InChI is InChI=1S/C19H16IN5O5/c1-29-16-7-12(15-8-17(26)23-19-21-10-22-24(15)19)6-14(20)18(16)30-9-11-2-4-13(5-3-11)25(27)28/h2-7,10,15H,8-9H2,1H3,(H,21,22,23,26)/t15-/m0/s1. The molecule has 4 rings (SSSR count). The Morgan fingerprint density at radius 1 is 1.33 bits per heavy atom. The number of methoxy groups -OCH3 is 1. The molecule has 2 aromatic carbocycles. The van der Waals surface area contributed by atoms with E-state index in [2.05, 4.69) is 38.0 Å². The number of halogens is 1. The number of amides is 1. The van der Waals surface area contributed by atoms with Crippen molar-refractivity contribution in [3.05, 3.63) is 67.5 Å². The number of carbonyl (C=O) groups is 1. The van der Waals surface area contributed by atoms with Crippen LogP contribution in [0.4, 0.5) is 11.6 Å². The van der Waals surface area contributed by atoms with Gasteiger partial charge in [0.05, 0.1) is 28.1 Å². The summed E-state index contributed by atoms with van der Waals surface area (Å²) >= 11 is 2.15. The van der Waals surface area contributed by atoms with Crippen LogP contribution in [-0.2, 0) is 11.4 Å². The number of aromatic nitrogens is 3. The average molecular weight is 521 g/mol. The number of nitro groups is 1. The van der Waals surface area contributed by atoms with Gasteiger partial charge in [0, 0.05) is 12.1 Å². The highest BCUT2D eigenvalue weighted by atomic mass is 127. The van der Waals surface area contributed by atoms with Crippen LogP contribution in [-0.4, -0.2) is 32.7 Å². The van der Waals surface area contributed by atoms with Gasteiger partial charge in [-0.3, -0.25) is 20.2 Å². The summed E-state index contributed by atoms with van der Waals surface area (Å²) < 4.78 is 13.9. The van der Waals surface area contributed by atoms with E-state index in [-0.39, 0.29) is 30.7 Å². The number of fused-ring (bicyclic) bond motifs is 1. The molecule has 0 saturated carbocycles. The monoisotopic (exact) mass is 521 g/mol. The molecule has 1 aliphatic rings. The van der Waals surface area contributed by atoms with Gasteiger partial charge >= 0.3 is 0 Å². The smallest absolute Gasteiger partial charge is 0.269 e. The summed E-state index contributed by atoms with van der Waals surface area (Å²) in [4.78, 5) is 26.5. The van der Waals surface area contributed by atoms with Crippen molar-refractivity contribution >= 4 is 40.1 Å². The third kappa shape index (κ3) is 3.92. The molecule has 0 aliphatic carbocycles. The molecule has 3 aromatic rings. The zero-order chi connectivity index (χ0) is 21.3. The average Bonchev–Trinajstić information content (AvgIpc) is 3.20. The summed E-state index contributed by atoms with van der Waals surface area (Å²) in [6.45, 7) is 0.225. The first-order chi connectivity index (χ1) is 14.5. The van der Waals surface area contributed by atoms with Crippen molar-refractivity contribution in [1.82, 2.24) is 14.8 Å². The number of nitro benzene ring substituents is 1. The first-order valence-electron chi connectivity index (χ1n) is 8.89. The molecule has 1 aromatic heterocycles. The van der Waals surface area contributed by atoms with Crippen molar-refractivity contribution in [3.63, 3.8) is 0 Å². The van der Waals surface area contributed by atoms with Gasteiger partial charge in [-0.25, -0.2) is 4.68 Å². The number of anilines is 1. The number of hydrogen-bond donors (Lipinski definition) is 1. The van der Waals surface area contributed by atoms with Crippen LogP contribution in [0.3, 0.4) is 0 Å². The predicted molar refractivity (Wildman–Crippen MR) is 115 cm³/mol. The molecule has 154 valence electrons. The van der Waals surface area contributed by atoms with E-state index in [0.717, 1.165) is 14.7 Å². The fourth-order valence-electron chi connectivity index (χ4n) is 3.21. The second-order valence-electron chi connectivity index (χ2n) is 6.54. The van der Waals surface area contributed by atoms with E-state index in [1.807, 2.05) is 12.1 Å². The maximum absolute atomic E-state index is 12.0. The lowest BCUT2D eigenvalue weighted by Crippen LogP contribution is -2.29. The molecule has 1 amide bonds. The van der Waals surface area contributed by atoms with E-state index in [1.54, 1.807) is 23.9 Å². The zero-order valence-corrected chi connectivity index (χ0v) is 17.9. The summed E-state index contributed by atoms with van der Waals surface area (Å²) in [6, 6.07) is 9.62. The lowest BCUT2D eigenvalue weighted by Gasteiger charge is -2.25. The highest BCUT2D eigenvalue weighted by Crippen LogP contribution is 2.39. The first-order valence-corrected chi connectivity index (χ1v) is 9.97. The molecule has 30 heavy (non-hydrogen) atoms. The van der Waals surface area contributed by atoms with E-state index >= 15 is 0 Å². The van der Waals surface area contributed by atoms with Crippen LogP contribution in [0, 0.1) is 13.7 Å². The molecule has 0 radical (unpaired) electrons. The van der Waals surface area contributed by atoms with Gasteiger partial charge in [0.15, 0.2) is 11.5 Å². The Bertz CT molecular complexity index is 1120. The van der Waals surface area contributed by atoms with Crippen molar-refractivity contribution in [2.75, 3.05) is 12.4 Å². The maximum atomic E-state index is 12.0. The van der Waals surface area contributed by atoms with Crippen LogP contribution in [0.1, 0.15) is 23.6 Å². The molecule has 0 bridgehead atoms. The molecular formula is C19H16IN5O5.